The van der Waals surface area contributed by atoms with Gasteiger partial charge >= 0.3 is 6.09 Å². The fourth-order valence-corrected chi connectivity index (χ4v) is 2.36. The van der Waals surface area contributed by atoms with E-state index in [2.05, 4.69) is 27.6 Å². The molecule has 0 radical (unpaired) electrons. The largest absolute Gasteiger partial charge is 0.471 e. The van der Waals surface area contributed by atoms with Crippen molar-refractivity contribution in [1.29, 1.82) is 0 Å². The van der Waals surface area contributed by atoms with Crippen LogP contribution in [0.5, 0.6) is 11.6 Å². The maximum absolute atomic E-state index is 12.0. The molecule has 1 aromatic carbocycles. The van der Waals surface area contributed by atoms with Gasteiger partial charge in [-0.3, -0.25) is 0 Å². The van der Waals surface area contributed by atoms with Crippen LogP contribution in [0.3, 0.4) is 0 Å². The molecule has 0 saturated carbocycles. The molecule has 1 aromatic heterocycles. The minimum absolute atomic E-state index is 0.0295. The number of aromatic nitrogens is 1. The lowest BCUT2D eigenvalue weighted by Crippen LogP contribution is -2.57. The number of rotatable bonds is 3. The number of pyridine rings is 1. The van der Waals surface area contributed by atoms with Crippen molar-refractivity contribution >= 4 is 28.7 Å². The Morgan fingerprint density at radius 2 is 1.95 bits per heavy atom. The highest BCUT2D eigenvalue weighted by Gasteiger charge is 2.33. The smallest absolute Gasteiger partial charge is 0.415 e. The first-order chi connectivity index (χ1) is 10.6. The van der Waals surface area contributed by atoms with Crippen molar-refractivity contribution < 1.29 is 14.3 Å². The molecule has 3 rings (SSSR count). The Morgan fingerprint density at radius 3 is 2.59 bits per heavy atom. The highest BCUT2D eigenvalue weighted by atomic mass is 127. The van der Waals surface area contributed by atoms with Gasteiger partial charge in [0.05, 0.1) is 13.1 Å². The van der Waals surface area contributed by atoms with Gasteiger partial charge in [-0.15, -0.1) is 0 Å². The maximum Gasteiger partial charge on any atom is 0.415 e. The molecule has 114 valence electrons. The molecule has 2 heterocycles. The van der Waals surface area contributed by atoms with E-state index in [0.717, 1.165) is 9.13 Å². The lowest BCUT2D eigenvalue weighted by Gasteiger charge is -2.37. The van der Waals surface area contributed by atoms with Gasteiger partial charge in [0.2, 0.25) is 5.88 Å². The Morgan fingerprint density at radius 1 is 1.23 bits per heavy atom. The van der Waals surface area contributed by atoms with Crippen LogP contribution >= 0.6 is 22.6 Å². The van der Waals surface area contributed by atoms with Gasteiger partial charge in [-0.25, -0.2) is 9.78 Å². The molecule has 0 spiro atoms. The summed E-state index contributed by atoms with van der Waals surface area (Å²) in [5.41, 5.74) is 1.13. The van der Waals surface area contributed by atoms with Crippen LogP contribution in [-0.4, -0.2) is 35.2 Å². The summed E-state index contributed by atoms with van der Waals surface area (Å²) in [6, 6.07) is 11.2. The molecule has 0 atom stereocenters. The molecule has 2 aromatic rings. The van der Waals surface area contributed by atoms with Crippen LogP contribution in [0.4, 0.5) is 4.79 Å². The Hall–Kier alpha value is -1.83. The average Bonchev–Trinajstić information content (AvgIpc) is 2.46. The third kappa shape index (κ3) is 3.68. The van der Waals surface area contributed by atoms with Crippen LogP contribution in [-0.2, 0) is 0 Å². The van der Waals surface area contributed by atoms with E-state index in [1.807, 2.05) is 31.2 Å². The second kappa shape index (κ2) is 6.51. The molecule has 1 saturated heterocycles. The van der Waals surface area contributed by atoms with Crippen LogP contribution in [0.1, 0.15) is 5.56 Å². The lowest BCUT2D eigenvalue weighted by atomic mass is 10.2. The fourth-order valence-electron chi connectivity index (χ4n) is 2.04. The summed E-state index contributed by atoms with van der Waals surface area (Å²) >= 11 is 2.19. The van der Waals surface area contributed by atoms with Gasteiger partial charge in [0.1, 0.15) is 11.9 Å². The molecule has 0 N–H and O–H groups in total. The van der Waals surface area contributed by atoms with Crippen molar-refractivity contribution in [3.05, 3.63) is 51.7 Å². The van der Waals surface area contributed by atoms with Crippen molar-refractivity contribution in [2.75, 3.05) is 13.1 Å². The summed E-state index contributed by atoms with van der Waals surface area (Å²) in [7, 11) is 0. The quantitative estimate of drug-likeness (QED) is 0.730. The van der Waals surface area contributed by atoms with E-state index in [9.17, 15) is 4.79 Å². The summed E-state index contributed by atoms with van der Waals surface area (Å²) in [5.74, 6) is 1.14. The SMILES string of the molecule is Cc1ccc(OC(=O)N2CC(Oc3ccc(I)cn3)C2)cc1. The number of nitrogens with zero attached hydrogens (tertiary/aromatic N) is 2. The fraction of sp³-hybridized carbons (Fsp3) is 0.250. The molecule has 1 fully saturated rings. The van der Waals surface area contributed by atoms with Crippen LogP contribution in [0.25, 0.3) is 0 Å². The second-order valence-electron chi connectivity index (χ2n) is 5.14. The van der Waals surface area contributed by atoms with E-state index in [0.29, 0.717) is 24.7 Å². The van der Waals surface area contributed by atoms with Crippen LogP contribution in [0.15, 0.2) is 42.6 Å². The van der Waals surface area contributed by atoms with Crippen LogP contribution < -0.4 is 9.47 Å². The number of benzene rings is 1. The predicted molar refractivity (Wildman–Crippen MR) is 90.1 cm³/mol. The van der Waals surface area contributed by atoms with Crippen molar-refractivity contribution in [3.63, 3.8) is 0 Å². The first kappa shape index (κ1) is 15.1. The number of aryl methyl sites for hydroxylation is 1. The van der Waals surface area contributed by atoms with Gasteiger partial charge in [0.25, 0.3) is 0 Å². The zero-order chi connectivity index (χ0) is 15.5. The standard InChI is InChI=1S/C16H15IN2O3/c1-11-2-5-13(6-3-11)22-16(20)19-9-14(10-19)21-15-7-4-12(17)8-18-15/h2-8,14H,9-10H2,1H3. The van der Waals surface area contributed by atoms with E-state index in [-0.39, 0.29) is 12.2 Å². The maximum atomic E-state index is 12.0. The molecule has 6 heteroatoms. The first-order valence-corrected chi connectivity index (χ1v) is 8.00. The van der Waals surface area contributed by atoms with Crippen molar-refractivity contribution in [3.8, 4) is 11.6 Å². The number of hydrogen-bond donors (Lipinski definition) is 0. The zero-order valence-corrected chi connectivity index (χ0v) is 14.2. The topological polar surface area (TPSA) is 51.7 Å². The number of amides is 1. The number of ether oxygens (including phenoxy) is 2. The van der Waals surface area contributed by atoms with Gasteiger partial charge in [-0.2, -0.15) is 0 Å². The van der Waals surface area contributed by atoms with Gasteiger partial charge in [0, 0.05) is 15.8 Å². The molecule has 0 bridgehead atoms. The predicted octanol–water partition coefficient (Wildman–Crippen LogP) is 3.26. The van der Waals surface area contributed by atoms with E-state index in [1.165, 1.54) is 0 Å². The Labute approximate surface area is 142 Å². The summed E-state index contributed by atoms with van der Waals surface area (Å²) in [6.07, 6.45) is 1.37. The summed E-state index contributed by atoms with van der Waals surface area (Å²) in [6.45, 7) is 3.01. The highest BCUT2D eigenvalue weighted by molar-refractivity contribution is 14.1. The summed E-state index contributed by atoms with van der Waals surface area (Å²) in [5, 5.41) is 0. The molecule has 22 heavy (non-hydrogen) atoms. The molecular formula is C16H15IN2O3. The third-order valence-corrected chi connectivity index (χ3v) is 3.96. The van der Waals surface area contributed by atoms with E-state index in [4.69, 9.17) is 9.47 Å². The zero-order valence-electron chi connectivity index (χ0n) is 12.0. The molecule has 0 aliphatic carbocycles. The van der Waals surface area contributed by atoms with Crippen molar-refractivity contribution in [1.82, 2.24) is 9.88 Å². The number of carbonyl (C=O) groups excluding carboxylic acids is 1. The molecule has 1 aliphatic rings. The first-order valence-electron chi connectivity index (χ1n) is 6.92. The number of halogens is 1. The Bertz CT molecular complexity index is 652. The highest BCUT2D eigenvalue weighted by Crippen LogP contribution is 2.19. The number of likely N-dealkylation sites (tertiary alicyclic amines) is 1. The van der Waals surface area contributed by atoms with E-state index in [1.54, 1.807) is 23.2 Å². The van der Waals surface area contributed by atoms with Crippen LogP contribution in [0, 0.1) is 10.5 Å². The Balaban J connectivity index is 1.47. The molecule has 1 amide bonds. The number of carbonyl (C=O) groups is 1. The van der Waals surface area contributed by atoms with E-state index >= 15 is 0 Å². The Kier molecular flexibility index (Phi) is 4.47. The van der Waals surface area contributed by atoms with E-state index < -0.39 is 0 Å². The van der Waals surface area contributed by atoms with Crippen molar-refractivity contribution in [2.24, 2.45) is 0 Å². The van der Waals surface area contributed by atoms with Gasteiger partial charge in [-0.1, -0.05) is 17.7 Å². The third-order valence-electron chi connectivity index (χ3n) is 3.32. The monoisotopic (exact) mass is 410 g/mol. The van der Waals surface area contributed by atoms with Gasteiger partial charge in [-0.05, 0) is 47.7 Å². The summed E-state index contributed by atoms with van der Waals surface area (Å²) in [4.78, 5) is 17.7. The molecule has 5 nitrogen and oxygen atoms in total. The van der Waals surface area contributed by atoms with Gasteiger partial charge in [0.15, 0.2) is 0 Å². The summed E-state index contributed by atoms with van der Waals surface area (Å²) < 4.78 is 12.0. The van der Waals surface area contributed by atoms with Crippen LogP contribution in [0.2, 0.25) is 0 Å². The average molecular weight is 410 g/mol. The molecule has 0 unspecified atom stereocenters. The minimum Gasteiger partial charge on any atom is -0.471 e. The second-order valence-corrected chi connectivity index (χ2v) is 6.39. The molecule has 1 aliphatic heterocycles. The number of hydrogen-bond acceptors (Lipinski definition) is 4. The minimum atomic E-state index is -0.348. The van der Waals surface area contributed by atoms with Gasteiger partial charge < -0.3 is 14.4 Å². The normalized spacial score (nSPS) is 14.4. The van der Waals surface area contributed by atoms with Crippen molar-refractivity contribution in [2.45, 2.75) is 13.0 Å². The lowest BCUT2D eigenvalue weighted by molar-refractivity contribution is 0.0258. The molecular weight excluding hydrogens is 395 g/mol.